The van der Waals surface area contributed by atoms with Crippen molar-refractivity contribution in [3.63, 3.8) is 0 Å². The van der Waals surface area contributed by atoms with Gasteiger partial charge in [-0.15, -0.1) is 11.3 Å². The Balaban J connectivity index is 1.42. The highest BCUT2D eigenvalue weighted by Crippen LogP contribution is 2.25. The van der Waals surface area contributed by atoms with Gasteiger partial charge >= 0.3 is 0 Å². The molecule has 2 saturated heterocycles. The number of ether oxygens (including phenoxy) is 1. The molecule has 148 valence electrons. The van der Waals surface area contributed by atoms with E-state index in [9.17, 15) is 9.59 Å². The van der Waals surface area contributed by atoms with Crippen LogP contribution in [0.5, 0.6) is 0 Å². The van der Waals surface area contributed by atoms with E-state index >= 15 is 0 Å². The zero-order valence-corrected chi connectivity index (χ0v) is 16.8. The first-order chi connectivity index (χ1) is 13.7. The van der Waals surface area contributed by atoms with Crippen LogP contribution >= 0.6 is 11.3 Å². The van der Waals surface area contributed by atoms with Crippen LogP contribution in [0.1, 0.15) is 29.7 Å². The second-order valence-corrected chi connectivity index (χ2v) is 8.63. The third-order valence-corrected chi connectivity index (χ3v) is 6.33. The molecule has 2 unspecified atom stereocenters. The van der Waals surface area contributed by atoms with Gasteiger partial charge in [0.2, 0.25) is 11.8 Å². The van der Waals surface area contributed by atoms with E-state index in [0.29, 0.717) is 32.6 Å². The molecule has 2 amide bonds. The molecule has 0 N–H and O–H groups in total. The number of likely N-dealkylation sites (tertiary alicyclic amines) is 1. The predicted molar refractivity (Wildman–Crippen MR) is 109 cm³/mol. The van der Waals surface area contributed by atoms with Crippen molar-refractivity contribution in [1.29, 1.82) is 0 Å². The number of carbonyl (C=O) groups excluding carboxylic acids is 2. The highest BCUT2D eigenvalue weighted by molar-refractivity contribution is 7.09. The van der Waals surface area contributed by atoms with E-state index in [-0.39, 0.29) is 23.8 Å². The first-order valence-electron chi connectivity index (χ1n) is 9.93. The van der Waals surface area contributed by atoms with Gasteiger partial charge in [0, 0.05) is 37.5 Å². The SMILES string of the molecule is O=C1CC(C(=O)N(Cc2cccs2)CC2CCCO2)CN1Cc1ccccc1. The fraction of sp³-hybridized carbons (Fsp3) is 0.455. The zero-order valence-electron chi connectivity index (χ0n) is 16.0. The summed E-state index contributed by atoms with van der Waals surface area (Å²) in [5.41, 5.74) is 1.10. The maximum absolute atomic E-state index is 13.3. The third-order valence-electron chi connectivity index (χ3n) is 5.47. The van der Waals surface area contributed by atoms with Crippen LogP contribution in [-0.4, -0.2) is 47.4 Å². The summed E-state index contributed by atoms with van der Waals surface area (Å²) in [4.78, 5) is 30.7. The maximum atomic E-state index is 13.3. The Morgan fingerprint density at radius 3 is 2.79 bits per heavy atom. The van der Waals surface area contributed by atoms with Gasteiger partial charge in [-0.05, 0) is 29.9 Å². The minimum absolute atomic E-state index is 0.0652. The molecule has 28 heavy (non-hydrogen) atoms. The van der Waals surface area contributed by atoms with Gasteiger partial charge in [0.05, 0.1) is 18.6 Å². The fourth-order valence-electron chi connectivity index (χ4n) is 4.01. The molecule has 0 radical (unpaired) electrons. The standard InChI is InChI=1S/C22H26N2O3S/c25-21-12-18(14-23(21)13-17-6-2-1-3-7-17)22(26)24(15-19-8-4-10-27-19)16-20-9-5-11-28-20/h1-3,5-7,9,11,18-19H,4,8,10,12-16H2. The summed E-state index contributed by atoms with van der Waals surface area (Å²) < 4.78 is 5.77. The minimum atomic E-state index is -0.266. The maximum Gasteiger partial charge on any atom is 0.228 e. The van der Waals surface area contributed by atoms with E-state index in [1.165, 1.54) is 0 Å². The summed E-state index contributed by atoms with van der Waals surface area (Å²) in [6, 6.07) is 14.0. The first kappa shape index (κ1) is 19.2. The van der Waals surface area contributed by atoms with E-state index in [1.54, 1.807) is 11.3 Å². The van der Waals surface area contributed by atoms with Crippen LogP contribution < -0.4 is 0 Å². The zero-order chi connectivity index (χ0) is 19.3. The smallest absolute Gasteiger partial charge is 0.228 e. The molecule has 0 bridgehead atoms. The minimum Gasteiger partial charge on any atom is -0.376 e. The van der Waals surface area contributed by atoms with Gasteiger partial charge in [0.15, 0.2) is 0 Å². The van der Waals surface area contributed by atoms with Crippen LogP contribution in [-0.2, 0) is 27.4 Å². The largest absolute Gasteiger partial charge is 0.376 e. The normalized spacial score (nSPS) is 22.0. The van der Waals surface area contributed by atoms with Crippen LogP contribution in [0, 0.1) is 5.92 Å². The van der Waals surface area contributed by atoms with Crippen LogP contribution in [0.25, 0.3) is 0 Å². The number of rotatable bonds is 7. The second-order valence-electron chi connectivity index (χ2n) is 7.59. The number of thiophene rings is 1. The molecule has 2 aliphatic heterocycles. The van der Waals surface area contributed by atoms with Gasteiger partial charge in [-0.1, -0.05) is 36.4 Å². The van der Waals surface area contributed by atoms with Crippen LogP contribution in [0.3, 0.4) is 0 Å². The van der Waals surface area contributed by atoms with Crippen molar-refractivity contribution in [3.8, 4) is 0 Å². The van der Waals surface area contributed by atoms with Gasteiger partial charge < -0.3 is 14.5 Å². The van der Waals surface area contributed by atoms with Crippen molar-refractivity contribution in [2.75, 3.05) is 19.7 Å². The van der Waals surface area contributed by atoms with Crippen molar-refractivity contribution in [3.05, 3.63) is 58.3 Å². The van der Waals surface area contributed by atoms with Crippen molar-refractivity contribution in [2.45, 2.75) is 38.5 Å². The summed E-state index contributed by atoms with van der Waals surface area (Å²) in [7, 11) is 0. The van der Waals surface area contributed by atoms with Gasteiger partial charge in [-0.2, -0.15) is 0 Å². The molecular weight excluding hydrogens is 372 g/mol. The van der Waals surface area contributed by atoms with Gasteiger partial charge in [0.1, 0.15) is 0 Å². The average Bonchev–Trinajstić information content (AvgIpc) is 3.46. The van der Waals surface area contributed by atoms with E-state index < -0.39 is 0 Å². The molecule has 2 atom stereocenters. The number of hydrogen-bond donors (Lipinski definition) is 0. The predicted octanol–water partition coefficient (Wildman–Crippen LogP) is 3.30. The lowest BCUT2D eigenvalue weighted by atomic mass is 10.1. The lowest BCUT2D eigenvalue weighted by Gasteiger charge is -2.27. The van der Waals surface area contributed by atoms with E-state index in [2.05, 4.69) is 6.07 Å². The number of carbonyl (C=O) groups is 2. The molecule has 2 aromatic rings. The van der Waals surface area contributed by atoms with Gasteiger partial charge in [-0.3, -0.25) is 9.59 Å². The molecule has 1 aromatic carbocycles. The van der Waals surface area contributed by atoms with Crippen LogP contribution in [0.15, 0.2) is 47.8 Å². The Hall–Kier alpha value is -2.18. The van der Waals surface area contributed by atoms with Crippen molar-refractivity contribution < 1.29 is 14.3 Å². The summed E-state index contributed by atoms with van der Waals surface area (Å²) in [6.45, 7) is 3.05. The van der Waals surface area contributed by atoms with E-state index in [0.717, 1.165) is 29.9 Å². The summed E-state index contributed by atoms with van der Waals surface area (Å²) in [5.74, 6) is -0.124. The molecule has 5 nitrogen and oxygen atoms in total. The molecule has 6 heteroatoms. The number of benzene rings is 1. The first-order valence-corrected chi connectivity index (χ1v) is 10.8. The van der Waals surface area contributed by atoms with Gasteiger partial charge in [0.25, 0.3) is 0 Å². The molecule has 0 saturated carbocycles. The summed E-state index contributed by atoms with van der Waals surface area (Å²) in [5, 5.41) is 2.03. The Kier molecular flexibility index (Phi) is 6.07. The number of nitrogens with zero attached hydrogens (tertiary/aromatic N) is 2. The Morgan fingerprint density at radius 2 is 2.07 bits per heavy atom. The van der Waals surface area contributed by atoms with Crippen molar-refractivity contribution >= 4 is 23.2 Å². The molecule has 2 fully saturated rings. The number of hydrogen-bond acceptors (Lipinski definition) is 4. The van der Waals surface area contributed by atoms with Crippen molar-refractivity contribution in [2.24, 2.45) is 5.92 Å². The monoisotopic (exact) mass is 398 g/mol. The number of amides is 2. The molecule has 2 aliphatic rings. The molecule has 0 spiro atoms. The van der Waals surface area contributed by atoms with Gasteiger partial charge in [-0.25, -0.2) is 0 Å². The molecule has 4 rings (SSSR count). The average molecular weight is 399 g/mol. The molecule has 1 aromatic heterocycles. The quantitative estimate of drug-likeness (QED) is 0.719. The topological polar surface area (TPSA) is 49.9 Å². The Labute approximate surface area is 169 Å². The van der Waals surface area contributed by atoms with E-state index in [1.807, 2.05) is 51.6 Å². The molecule has 3 heterocycles. The van der Waals surface area contributed by atoms with E-state index in [4.69, 9.17) is 4.74 Å². The highest BCUT2D eigenvalue weighted by atomic mass is 32.1. The third kappa shape index (κ3) is 4.62. The van der Waals surface area contributed by atoms with Crippen LogP contribution in [0.4, 0.5) is 0 Å². The lowest BCUT2D eigenvalue weighted by molar-refractivity contribution is -0.138. The Bertz CT molecular complexity index is 787. The van der Waals surface area contributed by atoms with Crippen LogP contribution in [0.2, 0.25) is 0 Å². The molecule has 0 aliphatic carbocycles. The lowest BCUT2D eigenvalue weighted by Crippen LogP contribution is -2.41. The second kappa shape index (κ2) is 8.88. The fourth-order valence-corrected chi connectivity index (χ4v) is 4.73. The highest BCUT2D eigenvalue weighted by Gasteiger charge is 2.37. The molecular formula is C22H26N2O3S. The Morgan fingerprint density at radius 1 is 1.21 bits per heavy atom. The van der Waals surface area contributed by atoms with Crippen molar-refractivity contribution in [1.82, 2.24) is 9.80 Å². The summed E-state index contributed by atoms with van der Waals surface area (Å²) in [6.07, 6.45) is 2.47. The summed E-state index contributed by atoms with van der Waals surface area (Å²) >= 11 is 1.66.